The molecule has 1 unspecified atom stereocenters. The molecule has 3 aromatic rings. The van der Waals surface area contributed by atoms with Gasteiger partial charge in [0.05, 0.1) is 7.11 Å². The fourth-order valence-corrected chi connectivity index (χ4v) is 4.35. The largest absolute Gasteiger partial charge is 0.497 e. The van der Waals surface area contributed by atoms with Crippen LogP contribution in [0.2, 0.25) is 0 Å². The molecule has 3 amide bonds. The molecule has 0 heterocycles. The Bertz CT molecular complexity index is 1140. The fraction of sp³-hybridized carbons (Fsp3) is 0.250. The monoisotopic (exact) mass is 471 g/mol. The van der Waals surface area contributed by atoms with Gasteiger partial charge in [0.2, 0.25) is 5.91 Å². The van der Waals surface area contributed by atoms with Crippen molar-refractivity contribution in [1.29, 1.82) is 0 Å². The predicted octanol–water partition coefficient (Wildman–Crippen LogP) is 4.47. The van der Waals surface area contributed by atoms with Gasteiger partial charge in [-0.25, -0.2) is 0 Å². The van der Waals surface area contributed by atoms with Gasteiger partial charge in [0.15, 0.2) is 0 Å². The maximum absolute atomic E-state index is 13.7. The van der Waals surface area contributed by atoms with E-state index in [-0.39, 0.29) is 11.9 Å². The molecule has 0 bridgehead atoms. The molecule has 1 saturated carbocycles. The van der Waals surface area contributed by atoms with Crippen molar-refractivity contribution in [3.05, 3.63) is 90.5 Å². The summed E-state index contributed by atoms with van der Waals surface area (Å²) < 4.78 is 5.26. The number of anilines is 2. The normalized spacial score (nSPS) is 14.1. The average Bonchev–Trinajstić information content (AvgIpc) is 3.41. The number of para-hydroxylation sites is 1. The van der Waals surface area contributed by atoms with E-state index in [4.69, 9.17) is 4.74 Å². The molecule has 7 heteroatoms. The number of rotatable bonds is 7. The fourth-order valence-electron chi connectivity index (χ4n) is 4.35. The first kappa shape index (κ1) is 24.0. The molecule has 0 aliphatic heterocycles. The van der Waals surface area contributed by atoms with Crippen LogP contribution in [0.25, 0.3) is 0 Å². The van der Waals surface area contributed by atoms with Gasteiger partial charge in [-0.15, -0.1) is 0 Å². The van der Waals surface area contributed by atoms with Gasteiger partial charge >= 0.3 is 11.8 Å². The highest BCUT2D eigenvalue weighted by atomic mass is 16.5. The highest BCUT2D eigenvalue weighted by Gasteiger charge is 2.37. The number of hydrogen-bond donors (Lipinski definition) is 2. The van der Waals surface area contributed by atoms with Gasteiger partial charge < -0.3 is 15.4 Å². The number of carbonyl (C=O) groups is 3. The third-order valence-electron chi connectivity index (χ3n) is 6.12. The van der Waals surface area contributed by atoms with Gasteiger partial charge in [0.25, 0.3) is 0 Å². The Balaban J connectivity index is 1.73. The predicted molar refractivity (Wildman–Crippen MR) is 135 cm³/mol. The maximum atomic E-state index is 13.7. The zero-order chi connectivity index (χ0) is 24.6. The van der Waals surface area contributed by atoms with Crippen LogP contribution >= 0.6 is 0 Å². The molecule has 3 aromatic carbocycles. The average molecular weight is 472 g/mol. The summed E-state index contributed by atoms with van der Waals surface area (Å²) in [6.45, 7) is 0. The van der Waals surface area contributed by atoms with E-state index in [0.717, 1.165) is 25.7 Å². The molecule has 180 valence electrons. The lowest BCUT2D eigenvalue weighted by atomic mass is 10.0. The second-order valence-electron chi connectivity index (χ2n) is 8.50. The van der Waals surface area contributed by atoms with E-state index >= 15 is 0 Å². The SMILES string of the molecule is COc1ccc(N(C(=O)C(=O)Nc2ccccc2)C(C(=O)NC2CCCC2)c2ccccc2)cc1. The van der Waals surface area contributed by atoms with Gasteiger partial charge in [0.1, 0.15) is 11.8 Å². The Morgan fingerprint density at radius 2 is 1.46 bits per heavy atom. The Kier molecular flexibility index (Phi) is 7.77. The van der Waals surface area contributed by atoms with E-state index in [1.807, 2.05) is 24.3 Å². The number of carbonyl (C=O) groups excluding carboxylic acids is 3. The molecular formula is C28H29N3O4. The van der Waals surface area contributed by atoms with Crippen LogP contribution in [0.1, 0.15) is 37.3 Å². The molecule has 0 radical (unpaired) electrons. The van der Waals surface area contributed by atoms with Crippen LogP contribution in [0, 0.1) is 0 Å². The highest BCUT2D eigenvalue weighted by Crippen LogP contribution is 2.31. The van der Waals surface area contributed by atoms with Crippen LogP contribution in [0.5, 0.6) is 5.75 Å². The first-order valence-electron chi connectivity index (χ1n) is 11.8. The van der Waals surface area contributed by atoms with Crippen molar-refractivity contribution in [2.45, 2.75) is 37.8 Å². The van der Waals surface area contributed by atoms with E-state index in [1.165, 1.54) is 4.90 Å². The van der Waals surface area contributed by atoms with E-state index in [0.29, 0.717) is 22.7 Å². The summed E-state index contributed by atoms with van der Waals surface area (Å²) >= 11 is 0. The van der Waals surface area contributed by atoms with Crippen molar-refractivity contribution in [1.82, 2.24) is 5.32 Å². The minimum atomic E-state index is -1.03. The molecule has 4 rings (SSSR count). The quantitative estimate of drug-likeness (QED) is 0.498. The molecule has 1 aliphatic carbocycles. The van der Waals surface area contributed by atoms with E-state index in [1.54, 1.807) is 67.8 Å². The number of benzene rings is 3. The molecule has 2 N–H and O–H groups in total. The van der Waals surface area contributed by atoms with Crippen molar-refractivity contribution in [2.75, 3.05) is 17.3 Å². The number of nitrogens with zero attached hydrogens (tertiary/aromatic N) is 1. The molecule has 1 fully saturated rings. The third kappa shape index (κ3) is 5.87. The van der Waals surface area contributed by atoms with E-state index < -0.39 is 17.9 Å². The highest BCUT2D eigenvalue weighted by molar-refractivity contribution is 6.45. The van der Waals surface area contributed by atoms with E-state index in [2.05, 4.69) is 10.6 Å². The van der Waals surface area contributed by atoms with Gasteiger partial charge in [-0.1, -0.05) is 61.4 Å². The summed E-state index contributed by atoms with van der Waals surface area (Å²) in [7, 11) is 1.55. The second kappa shape index (κ2) is 11.3. The number of ether oxygens (including phenoxy) is 1. The van der Waals surface area contributed by atoms with Crippen LogP contribution in [-0.2, 0) is 14.4 Å². The summed E-state index contributed by atoms with van der Waals surface area (Å²) in [5.74, 6) is -1.39. The van der Waals surface area contributed by atoms with Crippen LogP contribution in [-0.4, -0.2) is 30.9 Å². The molecule has 0 saturated heterocycles. The Morgan fingerprint density at radius 1 is 0.857 bits per heavy atom. The van der Waals surface area contributed by atoms with Crippen LogP contribution in [0.3, 0.4) is 0 Å². The van der Waals surface area contributed by atoms with Crippen molar-refractivity contribution in [3.63, 3.8) is 0 Å². The lowest BCUT2D eigenvalue weighted by Crippen LogP contribution is -2.49. The molecular weight excluding hydrogens is 442 g/mol. The Morgan fingerprint density at radius 3 is 2.06 bits per heavy atom. The first-order chi connectivity index (χ1) is 17.1. The van der Waals surface area contributed by atoms with E-state index in [9.17, 15) is 14.4 Å². The summed E-state index contributed by atoms with van der Waals surface area (Å²) in [6.07, 6.45) is 3.92. The van der Waals surface area contributed by atoms with Crippen LogP contribution < -0.4 is 20.3 Å². The maximum Gasteiger partial charge on any atom is 0.317 e. The standard InChI is InChI=1S/C28H29N3O4/c1-35-24-18-16-23(17-19-24)31(28(34)27(33)30-22-12-6-3-7-13-22)25(20-10-4-2-5-11-20)26(32)29-21-14-8-9-15-21/h2-7,10-13,16-19,21,25H,8-9,14-15H2,1H3,(H,29,32)(H,30,33). The molecule has 1 aliphatic rings. The second-order valence-corrected chi connectivity index (χ2v) is 8.50. The first-order valence-corrected chi connectivity index (χ1v) is 11.8. The Labute approximate surface area is 205 Å². The summed E-state index contributed by atoms with van der Waals surface area (Å²) in [5.41, 5.74) is 1.52. The van der Waals surface area contributed by atoms with Crippen molar-refractivity contribution < 1.29 is 19.1 Å². The molecule has 7 nitrogen and oxygen atoms in total. The number of methoxy groups -OCH3 is 1. The topological polar surface area (TPSA) is 87.7 Å². The van der Waals surface area contributed by atoms with Gasteiger partial charge in [0, 0.05) is 17.4 Å². The number of amides is 3. The summed E-state index contributed by atoms with van der Waals surface area (Å²) in [4.78, 5) is 41.7. The minimum Gasteiger partial charge on any atom is -0.497 e. The molecule has 0 spiro atoms. The zero-order valence-corrected chi connectivity index (χ0v) is 19.6. The van der Waals surface area contributed by atoms with Crippen molar-refractivity contribution in [2.24, 2.45) is 0 Å². The van der Waals surface area contributed by atoms with Crippen molar-refractivity contribution >= 4 is 29.1 Å². The van der Waals surface area contributed by atoms with Gasteiger partial charge in [-0.2, -0.15) is 0 Å². The third-order valence-corrected chi connectivity index (χ3v) is 6.12. The molecule has 1 atom stereocenters. The number of hydrogen-bond acceptors (Lipinski definition) is 4. The minimum absolute atomic E-state index is 0.0553. The smallest absolute Gasteiger partial charge is 0.317 e. The van der Waals surface area contributed by atoms with Crippen LogP contribution in [0.15, 0.2) is 84.9 Å². The van der Waals surface area contributed by atoms with Gasteiger partial charge in [-0.3, -0.25) is 19.3 Å². The molecule has 35 heavy (non-hydrogen) atoms. The summed E-state index contributed by atoms with van der Waals surface area (Å²) in [5, 5.41) is 5.75. The lowest BCUT2D eigenvalue weighted by Gasteiger charge is -2.32. The summed E-state index contributed by atoms with van der Waals surface area (Å²) in [6, 6.07) is 23.6. The molecule has 0 aromatic heterocycles. The Hall–Kier alpha value is -4.13. The van der Waals surface area contributed by atoms with Crippen molar-refractivity contribution in [3.8, 4) is 5.75 Å². The van der Waals surface area contributed by atoms with Gasteiger partial charge in [-0.05, 0) is 54.8 Å². The zero-order valence-electron chi connectivity index (χ0n) is 19.6. The van der Waals surface area contributed by atoms with Crippen LogP contribution in [0.4, 0.5) is 11.4 Å². The lowest BCUT2D eigenvalue weighted by molar-refractivity contribution is -0.136. The number of nitrogens with one attached hydrogen (secondary N) is 2.